The third kappa shape index (κ3) is 7.88. The van der Waals surface area contributed by atoms with Gasteiger partial charge in [-0.05, 0) is 117 Å². The Bertz CT molecular complexity index is 3990. The van der Waals surface area contributed by atoms with Crippen LogP contribution in [0, 0.1) is 13.8 Å². The van der Waals surface area contributed by atoms with E-state index in [1.54, 1.807) is 0 Å². The molecule has 1 nitrogen and oxygen atoms in total. The Morgan fingerprint density at radius 3 is 1.12 bits per heavy atom. The molecule has 0 unspecified atom stereocenters. The number of benzene rings is 12. The van der Waals surface area contributed by atoms with Crippen molar-refractivity contribution in [2.75, 3.05) is 4.90 Å². The van der Waals surface area contributed by atoms with E-state index in [-0.39, 0.29) is 13.4 Å². The van der Waals surface area contributed by atoms with Crippen LogP contribution in [0.15, 0.2) is 297 Å². The summed E-state index contributed by atoms with van der Waals surface area (Å²) in [5.41, 5.74) is 27.5. The van der Waals surface area contributed by atoms with E-state index in [1.165, 1.54) is 111 Å². The summed E-state index contributed by atoms with van der Waals surface area (Å²) in [6.45, 7) is 4.53. The minimum absolute atomic E-state index is 0.0288. The summed E-state index contributed by atoms with van der Waals surface area (Å²) in [5, 5.41) is 0. The zero-order valence-electron chi connectivity index (χ0n) is 43.9. The third-order valence-electron chi connectivity index (χ3n) is 16.8. The largest absolute Gasteiger partial charge is 0.310 e. The molecule has 78 heavy (non-hydrogen) atoms. The molecule has 2 aliphatic rings. The molecule has 12 aromatic rings. The van der Waals surface area contributed by atoms with Crippen LogP contribution in [0.5, 0.6) is 0 Å². The Labute approximate surface area is 460 Å². The predicted octanol–water partition coefficient (Wildman–Crippen LogP) is 14.5. The van der Waals surface area contributed by atoms with Gasteiger partial charge >= 0.3 is 0 Å². The maximum Gasteiger partial charge on any atom is 0.242 e. The van der Waals surface area contributed by atoms with Crippen LogP contribution in [-0.4, -0.2) is 13.4 Å². The summed E-state index contributed by atoms with van der Waals surface area (Å²) >= 11 is 0. The molecule has 0 saturated heterocycles. The van der Waals surface area contributed by atoms with Crippen molar-refractivity contribution in [2.45, 2.75) is 19.3 Å². The van der Waals surface area contributed by atoms with Gasteiger partial charge in [0.2, 0.25) is 13.4 Å². The van der Waals surface area contributed by atoms with Crippen LogP contribution in [0.2, 0.25) is 0 Å². The van der Waals surface area contributed by atoms with Crippen LogP contribution >= 0.6 is 0 Å². The molecule has 366 valence electrons. The second kappa shape index (κ2) is 19.6. The molecule has 12 aromatic carbocycles. The molecule has 0 aromatic heterocycles. The fourth-order valence-electron chi connectivity index (χ4n) is 13.3. The number of anilines is 3. The van der Waals surface area contributed by atoms with Gasteiger partial charge in [0.15, 0.2) is 0 Å². The Morgan fingerprint density at radius 2 is 0.654 bits per heavy atom. The van der Waals surface area contributed by atoms with Gasteiger partial charge < -0.3 is 4.90 Å². The van der Waals surface area contributed by atoms with Crippen molar-refractivity contribution in [3.63, 3.8) is 0 Å². The van der Waals surface area contributed by atoms with Crippen LogP contribution in [0.3, 0.4) is 0 Å². The van der Waals surface area contributed by atoms with Crippen LogP contribution in [0.4, 0.5) is 17.1 Å². The highest BCUT2D eigenvalue weighted by Gasteiger charge is 2.54. The lowest BCUT2D eigenvalue weighted by atomic mass is 9.28. The van der Waals surface area contributed by atoms with Gasteiger partial charge in [-0.1, -0.05) is 305 Å². The lowest BCUT2D eigenvalue weighted by Crippen LogP contribution is -2.64. The quantitative estimate of drug-likeness (QED) is 0.130. The molecule has 0 fully saturated rings. The first kappa shape index (κ1) is 47.1. The van der Waals surface area contributed by atoms with Gasteiger partial charge in [-0.3, -0.25) is 0 Å². The van der Waals surface area contributed by atoms with Crippen molar-refractivity contribution in [3.05, 3.63) is 331 Å². The van der Waals surface area contributed by atoms with E-state index in [2.05, 4.69) is 316 Å². The van der Waals surface area contributed by atoms with Gasteiger partial charge in [-0.2, -0.15) is 0 Å². The van der Waals surface area contributed by atoms with Crippen molar-refractivity contribution in [1.82, 2.24) is 0 Å². The SMILES string of the molecule is Cc1cccc(C)c1B1c2ccc(B(c3ccccc3)c3ccccc3)cc2C2(c3cc(-c4ccccc4)ccc31)c1cc(-c3ccccc3)ccc1N(c1ccc(-c3ccccc3)cc1)c1ccc(-c3ccccc3)cc12. The summed E-state index contributed by atoms with van der Waals surface area (Å²) in [7, 11) is 0. The molecule has 0 radical (unpaired) electrons. The molecule has 2 heterocycles. The number of nitrogens with zero attached hydrogens (tertiary/aromatic N) is 1. The van der Waals surface area contributed by atoms with Crippen molar-refractivity contribution in [1.29, 1.82) is 0 Å². The number of fused-ring (bicyclic) bond motifs is 8. The summed E-state index contributed by atoms with van der Waals surface area (Å²) < 4.78 is 0. The Balaban J connectivity index is 1.17. The molecule has 14 rings (SSSR count). The first-order valence-corrected chi connectivity index (χ1v) is 27.4. The monoisotopic (exact) mass is 991 g/mol. The van der Waals surface area contributed by atoms with E-state index in [0.717, 1.165) is 17.1 Å². The fourth-order valence-corrected chi connectivity index (χ4v) is 13.3. The second-order valence-corrected chi connectivity index (χ2v) is 21.2. The molecule has 0 N–H and O–H groups in total. The molecule has 1 spiro atoms. The number of rotatable bonds is 9. The number of aryl methyl sites for hydroxylation is 2. The van der Waals surface area contributed by atoms with E-state index in [0.29, 0.717) is 0 Å². The van der Waals surface area contributed by atoms with Crippen LogP contribution < -0.4 is 37.7 Å². The first-order valence-electron chi connectivity index (χ1n) is 27.4. The van der Waals surface area contributed by atoms with Crippen molar-refractivity contribution in [3.8, 4) is 44.5 Å². The van der Waals surface area contributed by atoms with Crippen LogP contribution in [0.1, 0.15) is 33.4 Å². The maximum atomic E-state index is 2.64. The molecule has 0 aliphatic carbocycles. The summed E-state index contributed by atoms with van der Waals surface area (Å²) in [5.74, 6) is 0. The van der Waals surface area contributed by atoms with E-state index < -0.39 is 5.41 Å². The van der Waals surface area contributed by atoms with Crippen molar-refractivity contribution < 1.29 is 0 Å². The van der Waals surface area contributed by atoms with Gasteiger partial charge in [0.05, 0.1) is 16.8 Å². The fraction of sp³-hybridized carbons (Fsp3) is 0.0400. The Hall–Kier alpha value is -9.43. The van der Waals surface area contributed by atoms with E-state index >= 15 is 0 Å². The topological polar surface area (TPSA) is 3.24 Å². The van der Waals surface area contributed by atoms with E-state index in [4.69, 9.17) is 0 Å². The van der Waals surface area contributed by atoms with Crippen LogP contribution in [0.25, 0.3) is 44.5 Å². The summed E-state index contributed by atoms with van der Waals surface area (Å²) in [4.78, 5) is 2.55. The minimum atomic E-state index is -0.850. The average Bonchev–Trinajstić information content (AvgIpc) is 3.68. The zero-order valence-corrected chi connectivity index (χ0v) is 43.9. The summed E-state index contributed by atoms with van der Waals surface area (Å²) in [6, 6.07) is 112. The third-order valence-corrected chi connectivity index (χ3v) is 16.8. The van der Waals surface area contributed by atoms with Gasteiger partial charge in [0.25, 0.3) is 0 Å². The van der Waals surface area contributed by atoms with E-state index in [1.807, 2.05) is 0 Å². The smallest absolute Gasteiger partial charge is 0.242 e. The average molecular weight is 992 g/mol. The van der Waals surface area contributed by atoms with Gasteiger partial charge in [0.1, 0.15) is 0 Å². The molecule has 0 saturated carbocycles. The summed E-state index contributed by atoms with van der Waals surface area (Å²) in [6.07, 6.45) is 0. The van der Waals surface area contributed by atoms with Crippen molar-refractivity contribution in [2.24, 2.45) is 0 Å². The molecular formula is C75H55B2N. The second-order valence-electron chi connectivity index (χ2n) is 21.2. The first-order chi connectivity index (χ1) is 38.5. The Morgan fingerprint density at radius 1 is 0.295 bits per heavy atom. The van der Waals surface area contributed by atoms with E-state index in [9.17, 15) is 0 Å². The van der Waals surface area contributed by atoms with Crippen LogP contribution in [-0.2, 0) is 5.41 Å². The van der Waals surface area contributed by atoms with Crippen molar-refractivity contribution >= 4 is 63.3 Å². The molecule has 0 amide bonds. The van der Waals surface area contributed by atoms with Gasteiger partial charge in [0, 0.05) is 5.69 Å². The maximum absolute atomic E-state index is 2.64. The molecule has 2 aliphatic heterocycles. The van der Waals surface area contributed by atoms with Gasteiger partial charge in [-0.25, -0.2) is 0 Å². The molecule has 3 heteroatoms. The standard InChI is InChI=1S/C75H55B2N/c1-52-22-21-23-53(2)74(52)77-70-44-38-59(55-26-11-4-12-27-55)48-66(70)75(67-51-64(41-45-71(67)77)76(62-32-17-7-18-33-62)63-34-19-8-20-35-63)68-49-60(56-28-13-5-14-29-56)39-46-72(68)78(65-42-36-58(37-43-65)54-24-9-3-10-25-54)73-47-40-61(50-69(73)75)57-30-15-6-16-31-57/h3-51H,1-2H3. The Kier molecular flexibility index (Phi) is 11.8. The number of hydrogen-bond acceptors (Lipinski definition) is 1. The molecular weight excluding hydrogens is 936 g/mol. The molecule has 0 bridgehead atoms. The molecule has 0 atom stereocenters. The minimum Gasteiger partial charge on any atom is -0.310 e. The van der Waals surface area contributed by atoms with Gasteiger partial charge in [-0.15, -0.1) is 0 Å². The highest BCUT2D eigenvalue weighted by molar-refractivity contribution is 6.98. The zero-order chi connectivity index (χ0) is 52.2. The lowest BCUT2D eigenvalue weighted by Gasteiger charge is -2.51. The highest BCUT2D eigenvalue weighted by atomic mass is 15.2. The lowest BCUT2D eigenvalue weighted by molar-refractivity contribution is 0.738. The highest BCUT2D eigenvalue weighted by Crippen LogP contribution is 2.59. The predicted molar refractivity (Wildman–Crippen MR) is 333 cm³/mol. The number of hydrogen-bond donors (Lipinski definition) is 0. The normalized spacial score (nSPS) is 12.8.